The highest BCUT2D eigenvalue weighted by atomic mass is 32.2. The van der Waals surface area contributed by atoms with Crippen molar-refractivity contribution in [2.75, 3.05) is 18.6 Å². The average Bonchev–Trinajstić information content (AvgIpc) is 3.36. The van der Waals surface area contributed by atoms with Crippen LogP contribution in [-0.2, 0) is 24.0 Å². The van der Waals surface area contributed by atoms with Crippen molar-refractivity contribution in [2.45, 2.75) is 43.4 Å². The third-order valence-electron chi connectivity index (χ3n) is 5.27. The van der Waals surface area contributed by atoms with Gasteiger partial charge in [0, 0.05) is 11.1 Å². The number of thioether (sulfide) groups is 1. The highest BCUT2D eigenvalue weighted by Gasteiger charge is 2.55. The number of carboxylic acids is 1. The van der Waals surface area contributed by atoms with Gasteiger partial charge in [0.2, 0.25) is 0 Å². The molecule has 0 saturated carbocycles. The van der Waals surface area contributed by atoms with Gasteiger partial charge in [-0.1, -0.05) is 5.16 Å². The molecule has 4 atom stereocenters. The van der Waals surface area contributed by atoms with Gasteiger partial charge in [-0.15, -0.1) is 23.1 Å². The summed E-state index contributed by atoms with van der Waals surface area (Å²) in [5.74, 6) is -1.94. The number of hydrogen-bond donors (Lipinski definition) is 3. The Balaban J connectivity index is 1.53. The number of ether oxygens (including phenoxy) is 1. The van der Waals surface area contributed by atoms with E-state index in [0.29, 0.717) is 17.7 Å². The first-order valence-corrected chi connectivity index (χ1v) is 11.4. The van der Waals surface area contributed by atoms with Crippen LogP contribution in [-0.4, -0.2) is 75.0 Å². The molecule has 0 aliphatic carbocycles. The maximum Gasteiger partial charge on any atom is 0.352 e. The van der Waals surface area contributed by atoms with Gasteiger partial charge in [0.1, 0.15) is 29.9 Å². The number of carboxylic acid groups (broad SMARTS) is 1. The van der Waals surface area contributed by atoms with Crippen molar-refractivity contribution in [1.29, 1.82) is 0 Å². The number of β-lactam (4-membered cyclic amide) rings is 1. The minimum atomic E-state index is -1.18. The van der Waals surface area contributed by atoms with Gasteiger partial charge < -0.3 is 25.7 Å². The van der Waals surface area contributed by atoms with Gasteiger partial charge in [0.05, 0.1) is 12.2 Å². The SMILES string of the molecule is CON=C(C(=O)N[C@@H]1C(=O)N2C(C(=O)O)=C([C@H]3CC[C@@H](C)O3)CS[C@H]12)c1csc(N)n1. The van der Waals surface area contributed by atoms with Crippen molar-refractivity contribution >= 4 is 51.7 Å². The standard InChI is InChI=1S/C18H21N5O6S2/c1-7-3-4-10(29-7)8-5-30-16-12(15(25)23(16)13(8)17(26)27)21-14(24)11(22-28-2)9-6-31-18(19)20-9/h6-7,10,12,16H,3-5H2,1-2H3,(H2,19,20)(H,21,24)(H,26,27)/t7-,10-,12-,16-/m1/s1. The third kappa shape index (κ3) is 3.88. The van der Waals surface area contributed by atoms with Crippen LogP contribution in [0.1, 0.15) is 25.5 Å². The number of aliphatic carboxylic acids is 1. The molecular formula is C18H21N5O6S2. The first-order valence-electron chi connectivity index (χ1n) is 9.51. The van der Waals surface area contributed by atoms with Crippen LogP contribution in [0, 0.1) is 0 Å². The van der Waals surface area contributed by atoms with E-state index in [9.17, 15) is 19.5 Å². The predicted octanol–water partition coefficient (Wildman–Crippen LogP) is 0.382. The Morgan fingerprint density at radius 2 is 2.23 bits per heavy atom. The lowest BCUT2D eigenvalue weighted by atomic mass is 9.99. The van der Waals surface area contributed by atoms with E-state index in [2.05, 4.69) is 15.5 Å². The molecule has 3 aliphatic rings. The largest absolute Gasteiger partial charge is 0.477 e. The molecule has 11 nitrogen and oxygen atoms in total. The van der Waals surface area contributed by atoms with E-state index < -0.39 is 29.2 Å². The lowest BCUT2D eigenvalue weighted by Gasteiger charge is -2.49. The molecule has 13 heteroatoms. The van der Waals surface area contributed by atoms with Crippen LogP contribution < -0.4 is 11.1 Å². The topological polar surface area (TPSA) is 156 Å². The molecule has 166 valence electrons. The molecule has 0 bridgehead atoms. The second-order valence-corrected chi connectivity index (χ2v) is 9.24. The molecule has 0 unspecified atom stereocenters. The van der Waals surface area contributed by atoms with Crippen LogP contribution in [0.4, 0.5) is 5.13 Å². The first-order chi connectivity index (χ1) is 14.8. The van der Waals surface area contributed by atoms with Crippen LogP contribution in [0.2, 0.25) is 0 Å². The molecule has 2 amide bonds. The van der Waals surface area contributed by atoms with Gasteiger partial charge in [-0.3, -0.25) is 14.5 Å². The number of rotatable bonds is 6. The molecule has 4 heterocycles. The van der Waals surface area contributed by atoms with Crippen molar-refractivity contribution in [3.8, 4) is 0 Å². The number of nitrogens with one attached hydrogen (secondary N) is 1. The van der Waals surface area contributed by atoms with Crippen LogP contribution >= 0.6 is 23.1 Å². The average molecular weight is 468 g/mol. The Morgan fingerprint density at radius 1 is 1.45 bits per heavy atom. The number of nitrogens with zero attached hydrogens (tertiary/aromatic N) is 3. The second kappa shape index (κ2) is 8.48. The van der Waals surface area contributed by atoms with Gasteiger partial charge in [0.15, 0.2) is 10.8 Å². The van der Waals surface area contributed by atoms with E-state index in [1.165, 1.54) is 23.8 Å². The van der Waals surface area contributed by atoms with Crippen molar-refractivity contribution in [3.05, 3.63) is 22.3 Å². The number of thiazole rings is 1. The monoisotopic (exact) mass is 467 g/mol. The molecular weight excluding hydrogens is 446 g/mol. The van der Waals surface area contributed by atoms with E-state index in [-0.39, 0.29) is 34.4 Å². The smallest absolute Gasteiger partial charge is 0.352 e. The summed E-state index contributed by atoms with van der Waals surface area (Å²) in [5.41, 5.74) is 6.29. The molecule has 3 aliphatic heterocycles. The van der Waals surface area contributed by atoms with Crippen molar-refractivity contribution in [3.63, 3.8) is 0 Å². The molecule has 0 spiro atoms. The van der Waals surface area contributed by atoms with E-state index >= 15 is 0 Å². The predicted molar refractivity (Wildman–Crippen MR) is 113 cm³/mol. The Kier molecular flexibility index (Phi) is 5.90. The van der Waals surface area contributed by atoms with E-state index in [1.807, 2.05) is 6.92 Å². The number of nitrogens with two attached hydrogens (primary N) is 1. The van der Waals surface area contributed by atoms with Crippen LogP contribution in [0.5, 0.6) is 0 Å². The third-order valence-corrected chi connectivity index (χ3v) is 7.25. The van der Waals surface area contributed by atoms with Gasteiger partial charge in [0.25, 0.3) is 11.8 Å². The van der Waals surface area contributed by atoms with Gasteiger partial charge in [-0.2, -0.15) is 0 Å². The van der Waals surface area contributed by atoms with Crippen LogP contribution in [0.15, 0.2) is 21.8 Å². The first kappa shape index (κ1) is 21.6. The Hall–Kier alpha value is -2.64. The maximum atomic E-state index is 12.8. The molecule has 4 N–H and O–H groups in total. The fourth-order valence-corrected chi connectivity index (χ4v) is 5.81. The number of nitrogen functional groups attached to an aromatic ring is 1. The second-order valence-electron chi connectivity index (χ2n) is 7.25. The molecule has 1 aromatic heterocycles. The Bertz CT molecular complexity index is 992. The minimum absolute atomic E-state index is 0.0450. The van der Waals surface area contributed by atoms with Gasteiger partial charge in [-0.05, 0) is 25.3 Å². The van der Waals surface area contributed by atoms with Gasteiger partial charge >= 0.3 is 5.97 Å². The molecule has 1 aromatic rings. The molecule has 0 aromatic carbocycles. The van der Waals surface area contributed by atoms with Crippen molar-refractivity contribution < 1.29 is 29.1 Å². The highest BCUT2D eigenvalue weighted by molar-refractivity contribution is 8.00. The molecule has 2 saturated heterocycles. The van der Waals surface area contributed by atoms with Crippen molar-refractivity contribution in [1.82, 2.24) is 15.2 Å². The van der Waals surface area contributed by atoms with Crippen LogP contribution in [0.3, 0.4) is 0 Å². The number of amides is 2. The molecule has 4 rings (SSSR count). The Morgan fingerprint density at radius 3 is 2.81 bits per heavy atom. The number of carbonyl (C=O) groups is 3. The number of hydrogen-bond acceptors (Lipinski definition) is 10. The van der Waals surface area contributed by atoms with E-state index in [4.69, 9.17) is 15.3 Å². The normalized spacial score (nSPS) is 28.3. The molecule has 31 heavy (non-hydrogen) atoms. The lowest BCUT2D eigenvalue weighted by molar-refractivity contribution is -0.150. The van der Waals surface area contributed by atoms with Gasteiger partial charge in [-0.25, -0.2) is 9.78 Å². The number of oxime groups is 1. The highest BCUT2D eigenvalue weighted by Crippen LogP contribution is 2.43. The number of aromatic nitrogens is 1. The van der Waals surface area contributed by atoms with Crippen molar-refractivity contribution in [2.24, 2.45) is 5.16 Å². The molecule has 2 fully saturated rings. The summed E-state index contributed by atoms with van der Waals surface area (Å²) in [6.45, 7) is 1.94. The summed E-state index contributed by atoms with van der Waals surface area (Å²) in [5, 5.41) is 17.4. The fourth-order valence-electron chi connectivity index (χ4n) is 3.85. The number of carbonyl (C=O) groups excluding carboxylic acids is 2. The quantitative estimate of drug-likeness (QED) is 0.306. The molecule has 0 radical (unpaired) electrons. The summed E-state index contributed by atoms with van der Waals surface area (Å²) in [6, 6.07) is -0.894. The number of anilines is 1. The zero-order chi connectivity index (χ0) is 22.3. The lowest BCUT2D eigenvalue weighted by Crippen LogP contribution is -2.71. The zero-order valence-electron chi connectivity index (χ0n) is 16.7. The van der Waals surface area contributed by atoms with Crippen LogP contribution in [0.25, 0.3) is 0 Å². The summed E-state index contributed by atoms with van der Waals surface area (Å²) < 4.78 is 5.84. The summed E-state index contributed by atoms with van der Waals surface area (Å²) in [4.78, 5) is 47.6. The summed E-state index contributed by atoms with van der Waals surface area (Å²) >= 11 is 2.53. The summed E-state index contributed by atoms with van der Waals surface area (Å²) in [7, 11) is 1.29. The Labute approximate surface area is 185 Å². The van der Waals surface area contributed by atoms with E-state index in [0.717, 1.165) is 17.8 Å². The van der Waals surface area contributed by atoms with E-state index in [1.54, 1.807) is 5.38 Å². The minimum Gasteiger partial charge on any atom is -0.477 e. The maximum absolute atomic E-state index is 12.8. The number of fused-ring (bicyclic) bond motifs is 1. The fraction of sp³-hybridized carbons (Fsp3) is 0.500. The summed E-state index contributed by atoms with van der Waals surface area (Å²) in [6.07, 6.45) is 1.29. The zero-order valence-corrected chi connectivity index (χ0v) is 18.4.